The first kappa shape index (κ1) is 19.7. The van der Waals surface area contributed by atoms with Gasteiger partial charge < -0.3 is 10.6 Å². The van der Waals surface area contributed by atoms with Gasteiger partial charge in [-0.3, -0.25) is 14.5 Å². The molecule has 138 valence electrons. The summed E-state index contributed by atoms with van der Waals surface area (Å²) < 4.78 is 0. The molecule has 1 saturated heterocycles. The Morgan fingerprint density at radius 3 is 2.32 bits per heavy atom. The van der Waals surface area contributed by atoms with Crippen LogP contribution < -0.4 is 10.6 Å². The van der Waals surface area contributed by atoms with E-state index in [1.807, 2.05) is 26.0 Å². The van der Waals surface area contributed by atoms with Gasteiger partial charge in [-0.1, -0.05) is 37.6 Å². The summed E-state index contributed by atoms with van der Waals surface area (Å²) in [6.07, 6.45) is 1.84. The molecule has 2 rings (SSSR count). The van der Waals surface area contributed by atoms with E-state index in [1.165, 1.54) is 12.5 Å². The van der Waals surface area contributed by atoms with Gasteiger partial charge in [-0.15, -0.1) is 0 Å². The van der Waals surface area contributed by atoms with E-state index >= 15 is 0 Å². The number of nitrogens with zero attached hydrogens (tertiary/aromatic N) is 1. The lowest BCUT2D eigenvalue weighted by atomic mass is 10.0. The molecule has 25 heavy (non-hydrogen) atoms. The molecule has 0 unspecified atom stereocenters. The zero-order valence-corrected chi connectivity index (χ0v) is 16.0. The molecule has 2 N–H and O–H groups in total. The number of likely N-dealkylation sites (tertiary alicyclic amines) is 1. The number of halogens is 1. The summed E-state index contributed by atoms with van der Waals surface area (Å²) >= 11 is 5.92. The largest absolute Gasteiger partial charge is 0.351 e. The zero-order chi connectivity index (χ0) is 18.4. The maximum atomic E-state index is 12.4. The second-order valence-electron chi connectivity index (χ2n) is 7.11. The summed E-state index contributed by atoms with van der Waals surface area (Å²) in [4.78, 5) is 26.1. The van der Waals surface area contributed by atoms with E-state index in [-0.39, 0.29) is 23.8 Å². The third kappa shape index (κ3) is 6.33. The van der Waals surface area contributed by atoms with E-state index in [0.717, 1.165) is 37.5 Å². The lowest BCUT2D eigenvalue weighted by molar-refractivity contribution is -0.129. The Labute approximate surface area is 155 Å². The monoisotopic (exact) mass is 365 g/mol. The van der Waals surface area contributed by atoms with Crippen molar-refractivity contribution in [1.29, 1.82) is 0 Å². The first-order valence-corrected chi connectivity index (χ1v) is 9.27. The Bertz CT molecular complexity index is 581. The molecular weight excluding hydrogens is 338 g/mol. The molecular formula is C19H28ClN3O2. The Morgan fingerprint density at radius 2 is 1.80 bits per heavy atom. The number of amides is 2. The highest BCUT2D eigenvalue weighted by molar-refractivity contribution is 6.30. The number of carbonyl (C=O) groups is 2. The first-order chi connectivity index (χ1) is 11.8. The third-order valence-electron chi connectivity index (χ3n) is 4.56. The third-order valence-corrected chi connectivity index (χ3v) is 4.81. The highest BCUT2D eigenvalue weighted by Crippen LogP contribution is 2.16. The van der Waals surface area contributed by atoms with Crippen molar-refractivity contribution in [3.05, 3.63) is 34.9 Å². The fraction of sp³-hybridized carbons (Fsp3) is 0.579. The van der Waals surface area contributed by atoms with E-state index in [0.29, 0.717) is 0 Å². The number of piperidine rings is 1. The van der Waals surface area contributed by atoms with Crippen LogP contribution in [0.5, 0.6) is 0 Å². The van der Waals surface area contributed by atoms with Crippen LogP contribution in [0.15, 0.2) is 24.3 Å². The van der Waals surface area contributed by atoms with Gasteiger partial charge in [0.2, 0.25) is 11.8 Å². The van der Waals surface area contributed by atoms with Gasteiger partial charge in [0.15, 0.2) is 0 Å². The molecule has 0 spiro atoms. The fourth-order valence-corrected chi connectivity index (χ4v) is 3.25. The number of nitrogens with one attached hydrogen (secondary N) is 2. The Balaban J connectivity index is 1.80. The average molecular weight is 366 g/mol. The molecule has 0 saturated carbocycles. The van der Waals surface area contributed by atoms with Crippen LogP contribution in [0, 0.1) is 5.92 Å². The number of hydrogen-bond donors (Lipinski definition) is 2. The van der Waals surface area contributed by atoms with Crippen molar-refractivity contribution in [1.82, 2.24) is 15.5 Å². The highest BCUT2D eigenvalue weighted by Gasteiger charge is 2.27. The molecule has 1 fully saturated rings. The molecule has 0 aromatic heterocycles. The van der Waals surface area contributed by atoms with Crippen LogP contribution >= 0.6 is 11.6 Å². The number of carbonyl (C=O) groups excluding carboxylic acids is 2. The standard InChI is InChI=1S/C19H28ClN3O2/c1-13(2)18(21-14(3)24)19(25)22-17-8-10-23(11-9-17)12-15-4-6-16(20)7-5-15/h4-7,13,17-18H,8-12H2,1-3H3,(H,21,24)(H,22,25)/t18-/m0/s1. The molecule has 1 aromatic rings. The molecule has 1 aromatic carbocycles. The van der Waals surface area contributed by atoms with Crippen molar-refractivity contribution in [3.8, 4) is 0 Å². The van der Waals surface area contributed by atoms with E-state index in [4.69, 9.17) is 11.6 Å². The summed E-state index contributed by atoms with van der Waals surface area (Å²) in [6.45, 7) is 8.11. The summed E-state index contributed by atoms with van der Waals surface area (Å²) in [5.74, 6) is -0.193. The molecule has 0 bridgehead atoms. The van der Waals surface area contributed by atoms with Gasteiger partial charge >= 0.3 is 0 Å². The Hall–Kier alpha value is -1.59. The summed E-state index contributed by atoms with van der Waals surface area (Å²) in [7, 11) is 0. The van der Waals surface area contributed by atoms with Crippen LogP contribution in [-0.2, 0) is 16.1 Å². The van der Waals surface area contributed by atoms with Crippen molar-refractivity contribution < 1.29 is 9.59 Å². The molecule has 1 aliphatic heterocycles. The Kier molecular flexibility index (Phi) is 7.26. The number of benzene rings is 1. The molecule has 1 heterocycles. The predicted octanol–water partition coefficient (Wildman–Crippen LogP) is 2.58. The zero-order valence-electron chi connectivity index (χ0n) is 15.2. The van der Waals surface area contributed by atoms with E-state index in [9.17, 15) is 9.59 Å². The van der Waals surface area contributed by atoms with Crippen LogP contribution in [0.2, 0.25) is 5.02 Å². The minimum Gasteiger partial charge on any atom is -0.351 e. The molecule has 1 atom stereocenters. The van der Waals surface area contributed by atoms with E-state index in [2.05, 4.69) is 27.7 Å². The highest BCUT2D eigenvalue weighted by atomic mass is 35.5. The summed E-state index contributed by atoms with van der Waals surface area (Å²) in [6, 6.07) is 7.64. The molecule has 6 heteroatoms. The lowest BCUT2D eigenvalue weighted by Crippen LogP contribution is -2.53. The normalized spacial score (nSPS) is 17.3. The second kappa shape index (κ2) is 9.20. The van der Waals surface area contributed by atoms with Gasteiger partial charge in [0.1, 0.15) is 6.04 Å². The Morgan fingerprint density at radius 1 is 1.20 bits per heavy atom. The molecule has 0 radical (unpaired) electrons. The molecule has 1 aliphatic rings. The number of rotatable bonds is 6. The van der Waals surface area contributed by atoms with Crippen LogP contribution in [0.4, 0.5) is 0 Å². The minimum atomic E-state index is -0.468. The van der Waals surface area contributed by atoms with Gasteiger partial charge in [-0.05, 0) is 36.5 Å². The molecule has 2 amide bonds. The van der Waals surface area contributed by atoms with E-state index in [1.54, 1.807) is 0 Å². The van der Waals surface area contributed by atoms with Crippen molar-refractivity contribution in [2.24, 2.45) is 5.92 Å². The fourth-order valence-electron chi connectivity index (χ4n) is 3.13. The lowest BCUT2D eigenvalue weighted by Gasteiger charge is -2.33. The van der Waals surface area contributed by atoms with Gasteiger partial charge in [0.05, 0.1) is 0 Å². The van der Waals surface area contributed by atoms with Gasteiger partial charge in [0.25, 0.3) is 0 Å². The smallest absolute Gasteiger partial charge is 0.243 e. The van der Waals surface area contributed by atoms with Crippen molar-refractivity contribution in [2.45, 2.75) is 52.2 Å². The summed E-state index contributed by atoms with van der Waals surface area (Å²) in [5, 5.41) is 6.60. The summed E-state index contributed by atoms with van der Waals surface area (Å²) in [5.41, 5.74) is 1.25. The maximum absolute atomic E-state index is 12.4. The topological polar surface area (TPSA) is 61.4 Å². The second-order valence-corrected chi connectivity index (χ2v) is 7.54. The maximum Gasteiger partial charge on any atom is 0.243 e. The average Bonchev–Trinajstić information content (AvgIpc) is 2.56. The van der Waals surface area contributed by atoms with Gasteiger partial charge in [-0.2, -0.15) is 0 Å². The van der Waals surface area contributed by atoms with E-state index < -0.39 is 6.04 Å². The molecule has 0 aliphatic carbocycles. The van der Waals surface area contributed by atoms with Gasteiger partial charge in [-0.25, -0.2) is 0 Å². The number of hydrogen-bond acceptors (Lipinski definition) is 3. The van der Waals surface area contributed by atoms with Gasteiger partial charge in [0, 0.05) is 37.6 Å². The quantitative estimate of drug-likeness (QED) is 0.814. The SMILES string of the molecule is CC(=O)N[C@H](C(=O)NC1CCN(Cc2ccc(Cl)cc2)CC1)C(C)C. The minimum absolute atomic E-state index is 0.0638. The predicted molar refractivity (Wildman–Crippen MR) is 100 cm³/mol. The van der Waals surface area contributed by atoms with Crippen LogP contribution in [0.3, 0.4) is 0 Å². The first-order valence-electron chi connectivity index (χ1n) is 8.89. The van der Waals surface area contributed by atoms with Crippen molar-refractivity contribution >= 4 is 23.4 Å². The molecule has 5 nitrogen and oxygen atoms in total. The van der Waals surface area contributed by atoms with Crippen LogP contribution in [0.1, 0.15) is 39.2 Å². The van der Waals surface area contributed by atoms with Crippen molar-refractivity contribution in [2.75, 3.05) is 13.1 Å². The van der Waals surface area contributed by atoms with Crippen molar-refractivity contribution in [3.63, 3.8) is 0 Å². The van der Waals surface area contributed by atoms with Crippen LogP contribution in [0.25, 0.3) is 0 Å². The van der Waals surface area contributed by atoms with Crippen LogP contribution in [-0.4, -0.2) is 41.9 Å².